The maximum absolute atomic E-state index is 13.0. The number of rotatable bonds is 8. The van der Waals surface area contributed by atoms with E-state index in [1.165, 1.54) is 3.56 Å². The molecule has 1 fully saturated rings. The van der Waals surface area contributed by atoms with Crippen molar-refractivity contribution in [2.45, 2.75) is 64.9 Å². The van der Waals surface area contributed by atoms with E-state index in [0.29, 0.717) is 5.39 Å². The molecule has 3 rings (SSSR count). The van der Waals surface area contributed by atoms with E-state index >= 15 is 0 Å². The Labute approximate surface area is 216 Å². The summed E-state index contributed by atoms with van der Waals surface area (Å²) in [5, 5.41) is 3.10. The number of amides is 1. The van der Waals surface area contributed by atoms with Crippen LogP contribution in [0.2, 0.25) is 0 Å². The summed E-state index contributed by atoms with van der Waals surface area (Å²) in [6.07, 6.45) is -5.43. The van der Waals surface area contributed by atoms with Gasteiger partial charge in [0.05, 0.1) is 0 Å². The molecule has 1 aromatic heterocycles. The molecule has 2 aromatic rings. The van der Waals surface area contributed by atoms with Gasteiger partial charge in [0.25, 0.3) is 0 Å². The fourth-order valence-electron chi connectivity index (χ4n) is 3.80. The van der Waals surface area contributed by atoms with E-state index in [1.54, 1.807) is 24.3 Å². The average molecular weight is 585 g/mol. The Morgan fingerprint density at radius 3 is 2.14 bits per heavy atom. The molecule has 0 radical (unpaired) electrons. The van der Waals surface area contributed by atoms with Crippen molar-refractivity contribution >= 4 is 54.2 Å². The number of hydrogen-bond acceptors (Lipinski definition) is 11. The van der Waals surface area contributed by atoms with Crippen LogP contribution in [0.25, 0.3) is 9.65 Å². The zero-order chi connectivity index (χ0) is 27.3. The molecular formula is C23H26N2O11Se. The van der Waals surface area contributed by atoms with Gasteiger partial charge in [-0.3, -0.25) is 0 Å². The third kappa shape index (κ3) is 7.28. The van der Waals surface area contributed by atoms with E-state index < -0.39 is 81.8 Å². The average Bonchev–Trinajstić information content (AvgIpc) is 3.10. The van der Waals surface area contributed by atoms with Gasteiger partial charge >= 0.3 is 217 Å². The van der Waals surface area contributed by atoms with Crippen molar-refractivity contribution in [2.24, 2.45) is 0 Å². The summed E-state index contributed by atoms with van der Waals surface area (Å²) in [7, 11) is 0. The van der Waals surface area contributed by atoms with Gasteiger partial charge in [-0.2, -0.15) is 0 Å². The molecule has 13 nitrogen and oxygen atoms in total. The number of esters is 4. The minimum atomic E-state index is -1.50. The molecule has 1 amide bonds. The van der Waals surface area contributed by atoms with Gasteiger partial charge in [0.2, 0.25) is 0 Å². The van der Waals surface area contributed by atoms with Gasteiger partial charge in [0.1, 0.15) is 0 Å². The van der Waals surface area contributed by atoms with Crippen LogP contribution in [0.15, 0.2) is 29.1 Å². The van der Waals surface area contributed by atoms with E-state index in [1.807, 2.05) is 0 Å². The molecule has 14 heteroatoms. The third-order valence-electron chi connectivity index (χ3n) is 5.15. The van der Waals surface area contributed by atoms with Crippen LogP contribution in [-0.4, -0.2) is 85.3 Å². The summed E-state index contributed by atoms with van der Waals surface area (Å²) >= 11 is -0.436. The Bertz CT molecular complexity index is 1250. The topological polar surface area (TPSA) is 166 Å². The third-order valence-corrected chi connectivity index (χ3v) is 7.39. The molecule has 0 aliphatic carbocycles. The number of aromatic nitrogens is 1. The Kier molecular flexibility index (Phi) is 9.24. The predicted molar refractivity (Wildman–Crippen MR) is 125 cm³/mol. The molecule has 0 unspecified atom stereocenters. The van der Waals surface area contributed by atoms with Crippen LogP contribution in [-0.2, 0) is 54.2 Å². The monoisotopic (exact) mass is 586 g/mol. The van der Waals surface area contributed by atoms with Gasteiger partial charge in [0, 0.05) is 0 Å². The quantitative estimate of drug-likeness (QED) is 0.236. The summed E-state index contributed by atoms with van der Waals surface area (Å²) in [6.45, 7) is 3.71. The van der Waals surface area contributed by atoms with Gasteiger partial charge in [-0.1, -0.05) is 0 Å². The number of nitrogens with zero attached hydrogens (tertiary/aromatic N) is 1. The molecule has 1 aromatic carbocycles. The SMILES string of the molecule is CC(=O)OC[C@H]1O[C@@H](OC(C)=O)[C@H](NC(=O)Cn2[se]c3ccccc3c2=O)[C@@H](OC(C)=O)[C@@H]1OC(C)=O. The first kappa shape index (κ1) is 28.1. The first-order chi connectivity index (χ1) is 17.5. The number of benzene rings is 1. The Hall–Kier alpha value is -3.48. The molecule has 2 heterocycles. The number of carbonyl (C=O) groups is 5. The summed E-state index contributed by atoms with van der Waals surface area (Å²) in [5.41, 5.74) is -0.307. The number of nitrogens with one attached hydrogen (secondary N) is 1. The van der Waals surface area contributed by atoms with E-state index in [0.717, 1.165) is 32.0 Å². The molecule has 1 saturated heterocycles. The predicted octanol–water partition coefficient (Wildman–Crippen LogP) is -0.742. The van der Waals surface area contributed by atoms with Gasteiger partial charge in [0.15, 0.2) is 0 Å². The number of hydrogen-bond donors (Lipinski definition) is 1. The van der Waals surface area contributed by atoms with Crippen molar-refractivity contribution in [3.63, 3.8) is 0 Å². The second-order valence-corrected chi connectivity index (χ2v) is 10.4. The molecule has 0 spiro atoms. The van der Waals surface area contributed by atoms with Crippen LogP contribution in [0.4, 0.5) is 0 Å². The number of fused-ring (bicyclic) bond motifs is 1. The molecular weight excluding hydrogens is 559 g/mol. The van der Waals surface area contributed by atoms with Gasteiger partial charge in [-0.05, 0) is 0 Å². The van der Waals surface area contributed by atoms with E-state index in [-0.39, 0.29) is 12.1 Å². The number of ether oxygens (including phenoxy) is 5. The van der Waals surface area contributed by atoms with Crippen molar-refractivity contribution in [2.75, 3.05) is 6.61 Å². The summed E-state index contributed by atoms with van der Waals surface area (Å²) in [5.74, 6) is -3.66. The minimum absolute atomic E-state index is 0.307. The Morgan fingerprint density at radius 1 is 0.919 bits per heavy atom. The fraction of sp³-hybridized carbons (Fsp3) is 0.478. The van der Waals surface area contributed by atoms with Crippen molar-refractivity contribution in [1.82, 2.24) is 8.88 Å². The zero-order valence-corrected chi connectivity index (χ0v) is 22.2. The summed E-state index contributed by atoms with van der Waals surface area (Å²) in [6, 6.07) is 5.68. The second kappa shape index (κ2) is 12.2. The van der Waals surface area contributed by atoms with Gasteiger partial charge < -0.3 is 0 Å². The van der Waals surface area contributed by atoms with Gasteiger partial charge in [-0.15, -0.1) is 0 Å². The molecule has 37 heavy (non-hydrogen) atoms. The zero-order valence-electron chi connectivity index (χ0n) is 20.5. The Balaban J connectivity index is 1.93. The normalized spacial score (nSPS) is 23.1. The molecule has 0 saturated carbocycles. The Morgan fingerprint density at radius 2 is 1.54 bits per heavy atom. The van der Waals surface area contributed by atoms with E-state index in [4.69, 9.17) is 23.7 Å². The molecule has 200 valence electrons. The van der Waals surface area contributed by atoms with Crippen molar-refractivity contribution in [3.05, 3.63) is 34.6 Å². The first-order valence-corrected chi connectivity index (χ1v) is 12.8. The molecule has 1 aliphatic rings. The fourth-order valence-corrected chi connectivity index (χ4v) is 5.89. The maximum atomic E-state index is 13.0. The molecule has 0 bridgehead atoms. The first-order valence-electron chi connectivity index (χ1n) is 11.1. The van der Waals surface area contributed by atoms with Crippen LogP contribution in [0.1, 0.15) is 27.7 Å². The van der Waals surface area contributed by atoms with Crippen molar-refractivity contribution in [1.29, 1.82) is 0 Å². The van der Waals surface area contributed by atoms with Crippen molar-refractivity contribution in [3.8, 4) is 0 Å². The van der Waals surface area contributed by atoms with E-state index in [2.05, 4.69) is 5.32 Å². The van der Waals surface area contributed by atoms with Gasteiger partial charge in [-0.25, -0.2) is 0 Å². The molecule has 5 atom stereocenters. The van der Waals surface area contributed by atoms with Crippen LogP contribution < -0.4 is 10.9 Å². The second-order valence-electron chi connectivity index (χ2n) is 8.13. The van der Waals surface area contributed by atoms with Crippen LogP contribution in [0.5, 0.6) is 0 Å². The van der Waals surface area contributed by atoms with Crippen LogP contribution in [0.3, 0.4) is 0 Å². The van der Waals surface area contributed by atoms with E-state index in [9.17, 15) is 28.8 Å². The number of carbonyl (C=O) groups excluding carboxylic acids is 5. The molecule has 1 aliphatic heterocycles. The standard InChI is InChI=1S/C23H26N2O11Se/c1-11(26)32-10-16-20(33-12(2)27)21(34-13(3)28)19(23(36-16)35-14(4)29)24-18(30)9-25-22(31)15-7-5-6-8-17(15)37-25/h5-8,16,19-21,23H,9-10H2,1-4H3,(H,24,30)/t16-,19-,20-,21-,23-/m1/s1. The summed E-state index contributed by atoms with van der Waals surface area (Å²) in [4.78, 5) is 72.7. The summed E-state index contributed by atoms with van der Waals surface area (Å²) < 4.78 is 28.9. The van der Waals surface area contributed by atoms with Crippen LogP contribution >= 0.6 is 0 Å². The molecule has 1 N–H and O–H groups in total. The van der Waals surface area contributed by atoms with Crippen molar-refractivity contribution < 1.29 is 47.7 Å². The van der Waals surface area contributed by atoms with Crippen LogP contribution in [0, 0.1) is 0 Å².